The first-order valence-corrected chi connectivity index (χ1v) is 12.3. The highest BCUT2D eigenvalue weighted by atomic mass is 16.5. The van der Waals surface area contributed by atoms with Crippen LogP contribution in [0.3, 0.4) is 0 Å². The summed E-state index contributed by atoms with van der Waals surface area (Å²) >= 11 is 0. The molecule has 3 heterocycles. The van der Waals surface area contributed by atoms with E-state index in [9.17, 15) is 4.79 Å². The predicted octanol–water partition coefficient (Wildman–Crippen LogP) is 4.65. The predicted molar refractivity (Wildman–Crippen MR) is 139 cm³/mol. The van der Waals surface area contributed by atoms with Crippen molar-refractivity contribution in [1.82, 2.24) is 19.4 Å². The molecule has 1 saturated carbocycles. The Kier molecular flexibility index (Phi) is 5.51. The number of carbonyl (C=O) groups excluding carboxylic acids is 1. The lowest BCUT2D eigenvalue weighted by molar-refractivity contribution is 0.0690. The van der Waals surface area contributed by atoms with Crippen LogP contribution >= 0.6 is 0 Å². The molecule has 36 heavy (non-hydrogen) atoms. The average molecular weight is 484 g/mol. The summed E-state index contributed by atoms with van der Waals surface area (Å²) in [6.07, 6.45) is 4.41. The largest absolute Gasteiger partial charge is 0.497 e. The first kappa shape index (κ1) is 22.4. The zero-order valence-electron chi connectivity index (χ0n) is 20.7. The van der Waals surface area contributed by atoms with Crippen LogP contribution in [0.15, 0.2) is 48.7 Å². The van der Waals surface area contributed by atoms with Gasteiger partial charge < -0.3 is 24.3 Å². The second-order valence-corrected chi connectivity index (χ2v) is 9.46. The number of anilines is 1. The Balaban J connectivity index is 1.31. The standard InChI is InChI=1S/C28H29N5O3/c1-17-27(30-20-8-9-20)31-26-22(5-4-6-23(26)29-17)19-13-24-28(34)33(12-11-32(24)16-19)15-18-7-10-21(35-2)14-25(18)36-3/h4-7,10,13-14,16,20H,8-9,11-12,15H2,1-3H3,(H,30,31). The molecule has 1 fully saturated rings. The molecule has 1 N–H and O–H groups in total. The molecule has 2 aromatic carbocycles. The van der Waals surface area contributed by atoms with E-state index in [0.717, 1.165) is 51.5 Å². The third-order valence-electron chi connectivity index (χ3n) is 6.97. The third kappa shape index (κ3) is 4.02. The van der Waals surface area contributed by atoms with Crippen LogP contribution in [0.1, 0.15) is 34.6 Å². The van der Waals surface area contributed by atoms with Crippen molar-refractivity contribution in [3.05, 3.63) is 65.6 Å². The topological polar surface area (TPSA) is 81.5 Å². The Labute approximate surface area is 209 Å². The lowest BCUT2D eigenvalue weighted by atomic mass is 10.1. The third-order valence-corrected chi connectivity index (χ3v) is 6.97. The SMILES string of the molecule is COc1ccc(CN2CCn3cc(-c4cccc5nc(C)c(NC6CC6)nc45)cc3C2=O)c(OC)c1. The number of rotatable bonds is 7. The molecule has 0 bridgehead atoms. The second kappa shape index (κ2) is 8.86. The number of benzene rings is 2. The van der Waals surface area contributed by atoms with Crippen molar-refractivity contribution in [2.75, 3.05) is 26.1 Å². The Morgan fingerprint density at radius 2 is 1.92 bits per heavy atom. The summed E-state index contributed by atoms with van der Waals surface area (Å²) in [4.78, 5) is 25.1. The fraction of sp³-hybridized carbons (Fsp3) is 0.321. The number of ether oxygens (including phenoxy) is 2. The number of fused-ring (bicyclic) bond motifs is 2. The molecule has 1 aliphatic heterocycles. The van der Waals surface area contributed by atoms with Gasteiger partial charge in [0.1, 0.15) is 23.0 Å². The molecule has 2 aromatic heterocycles. The molecule has 2 aliphatic rings. The molecule has 6 rings (SSSR count). The number of para-hydroxylation sites is 1. The lowest BCUT2D eigenvalue weighted by Gasteiger charge is -2.29. The van der Waals surface area contributed by atoms with E-state index in [0.29, 0.717) is 30.6 Å². The Morgan fingerprint density at radius 1 is 1.06 bits per heavy atom. The van der Waals surface area contributed by atoms with Crippen LogP contribution in [-0.2, 0) is 13.1 Å². The van der Waals surface area contributed by atoms with Gasteiger partial charge in [-0.15, -0.1) is 0 Å². The first-order chi connectivity index (χ1) is 17.5. The Hall–Kier alpha value is -4.07. The van der Waals surface area contributed by atoms with Crippen molar-refractivity contribution >= 4 is 22.8 Å². The maximum atomic E-state index is 13.5. The van der Waals surface area contributed by atoms with Crippen LogP contribution in [0.4, 0.5) is 5.82 Å². The number of nitrogens with zero attached hydrogens (tertiary/aromatic N) is 4. The molecule has 1 amide bonds. The summed E-state index contributed by atoms with van der Waals surface area (Å²) in [6.45, 7) is 3.82. The van der Waals surface area contributed by atoms with E-state index in [1.807, 2.05) is 52.8 Å². The van der Waals surface area contributed by atoms with Gasteiger partial charge in [-0.25, -0.2) is 9.97 Å². The number of amides is 1. The molecule has 0 saturated heterocycles. The van der Waals surface area contributed by atoms with E-state index < -0.39 is 0 Å². The Morgan fingerprint density at radius 3 is 2.69 bits per heavy atom. The zero-order valence-corrected chi connectivity index (χ0v) is 20.7. The van der Waals surface area contributed by atoms with Gasteiger partial charge in [0.05, 0.1) is 30.9 Å². The molecule has 184 valence electrons. The van der Waals surface area contributed by atoms with Gasteiger partial charge in [-0.1, -0.05) is 12.1 Å². The molecule has 0 unspecified atom stereocenters. The van der Waals surface area contributed by atoms with Gasteiger partial charge in [0.15, 0.2) is 0 Å². The molecule has 1 aliphatic carbocycles. The number of hydrogen-bond acceptors (Lipinski definition) is 6. The maximum absolute atomic E-state index is 13.5. The van der Waals surface area contributed by atoms with Crippen LogP contribution in [0.5, 0.6) is 11.5 Å². The summed E-state index contributed by atoms with van der Waals surface area (Å²) in [5.41, 5.74) is 6.19. The van der Waals surface area contributed by atoms with Crippen molar-refractivity contribution in [2.45, 2.75) is 38.9 Å². The molecular formula is C28H29N5O3. The molecule has 8 nitrogen and oxygen atoms in total. The first-order valence-electron chi connectivity index (χ1n) is 12.3. The number of nitrogens with one attached hydrogen (secondary N) is 1. The lowest BCUT2D eigenvalue weighted by Crippen LogP contribution is -2.39. The molecule has 0 atom stereocenters. The fourth-order valence-electron chi connectivity index (χ4n) is 4.81. The van der Waals surface area contributed by atoms with Crippen LogP contribution < -0.4 is 14.8 Å². The quantitative estimate of drug-likeness (QED) is 0.412. The van der Waals surface area contributed by atoms with Crippen LogP contribution in [-0.4, -0.2) is 52.1 Å². The highest BCUT2D eigenvalue weighted by Crippen LogP contribution is 2.33. The van der Waals surface area contributed by atoms with Gasteiger partial charge >= 0.3 is 0 Å². The van der Waals surface area contributed by atoms with Crippen LogP contribution in [0, 0.1) is 6.92 Å². The van der Waals surface area contributed by atoms with Crippen LogP contribution in [0.25, 0.3) is 22.2 Å². The summed E-state index contributed by atoms with van der Waals surface area (Å²) in [5.74, 6) is 2.28. The number of aromatic nitrogens is 3. The monoisotopic (exact) mass is 483 g/mol. The van der Waals surface area contributed by atoms with E-state index in [1.54, 1.807) is 14.2 Å². The van der Waals surface area contributed by atoms with Gasteiger partial charge in [0.2, 0.25) is 0 Å². The normalized spacial score (nSPS) is 15.2. The highest BCUT2D eigenvalue weighted by molar-refractivity contribution is 5.98. The summed E-state index contributed by atoms with van der Waals surface area (Å²) in [6, 6.07) is 14.2. The smallest absolute Gasteiger partial charge is 0.270 e. The van der Waals surface area contributed by atoms with E-state index in [1.165, 1.54) is 12.8 Å². The molecule has 0 spiro atoms. The van der Waals surface area contributed by atoms with Crippen molar-refractivity contribution in [1.29, 1.82) is 0 Å². The average Bonchev–Trinajstić information content (AvgIpc) is 3.60. The van der Waals surface area contributed by atoms with Gasteiger partial charge in [-0.05, 0) is 44.0 Å². The summed E-state index contributed by atoms with van der Waals surface area (Å²) in [5, 5.41) is 3.50. The molecule has 0 radical (unpaired) electrons. The minimum Gasteiger partial charge on any atom is -0.497 e. The minimum absolute atomic E-state index is 0.00336. The zero-order chi connectivity index (χ0) is 24.8. The second-order valence-electron chi connectivity index (χ2n) is 9.46. The minimum atomic E-state index is 0.00336. The van der Waals surface area contributed by atoms with Crippen molar-refractivity contribution < 1.29 is 14.3 Å². The number of aryl methyl sites for hydroxylation is 1. The number of hydrogen-bond donors (Lipinski definition) is 1. The molecule has 8 heteroatoms. The van der Waals surface area contributed by atoms with E-state index in [2.05, 4.69) is 17.6 Å². The van der Waals surface area contributed by atoms with Crippen molar-refractivity contribution in [3.63, 3.8) is 0 Å². The van der Waals surface area contributed by atoms with E-state index in [4.69, 9.17) is 19.4 Å². The van der Waals surface area contributed by atoms with Gasteiger partial charge in [-0.2, -0.15) is 0 Å². The van der Waals surface area contributed by atoms with Gasteiger partial charge in [0, 0.05) is 54.6 Å². The number of carbonyl (C=O) groups is 1. The molecule has 4 aromatic rings. The van der Waals surface area contributed by atoms with Gasteiger partial charge in [0.25, 0.3) is 5.91 Å². The van der Waals surface area contributed by atoms with Gasteiger partial charge in [-0.3, -0.25) is 4.79 Å². The van der Waals surface area contributed by atoms with Crippen molar-refractivity contribution in [2.24, 2.45) is 0 Å². The van der Waals surface area contributed by atoms with E-state index in [-0.39, 0.29) is 5.91 Å². The number of methoxy groups -OCH3 is 2. The van der Waals surface area contributed by atoms with Crippen molar-refractivity contribution in [3.8, 4) is 22.6 Å². The highest BCUT2D eigenvalue weighted by Gasteiger charge is 2.27. The summed E-state index contributed by atoms with van der Waals surface area (Å²) < 4.78 is 12.9. The Bertz CT molecular complexity index is 1470. The fourth-order valence-corrected chi connectivity index (χ4v) is 4.81. The maximum Gasteiger partial charge on any atom is 0.270 e. The van der Waals surface area contributed by atoms with E-state index >= 15 is 0 Å². The summed E-state index contributed by atoms with van der Waals surface area (Å²) in [7, 11) is 3.26. The molecular weight excluding hydrogens is 454 g/mol. The van der Waals surface area contributed by atoms with Crippen LogP contribution in [0.2, 0.25) is 0 Å².